The van der Waals surface area contributed by atoms with Crippen molar-refractivity contribution in [3.05, 3.63) is 37.1 Å². The molecule has 0 rings (SSSR count). The maximum absolute atomic E-state index is 4.04. The summed E-state index contributed by atoms with van der Waals surface area (Å²) in [5.41, 5.74) is 2.34. The third-order valence-corrected chi connectivity index (χ3v) is 3.27. The van der Waals surface area contributed by atoms with Gasteiger partial charge in [-0.2, -0.15) is 0 Å². The van der Waals surface area contributed by atoms with Crippen LogP contribution in [-0.2, 0) is 0 Å². The van der Waals surface area contributed by atoms with Crippen molar-refractivity contribution in [1.82, 2.24) is 4.90 Å². The summed E-state index contributed by atoms with van der Waals surface area (Å²) in [5, 5.41) is 0. The topological polar surface area (TPSA) is 3.24 Å². The van der Waals surface area contributed by atoms with Gasteiger partial charge in [0.2, 0.25) is 0 Å². The Kier molecular flexibility index (Phi) is 8.53. The van der Waals surface area contributed by atoms with Crippen molar-refractivity contribution >= 4 is 0 Å². The van der Waals surface area contributed by atoms with E-state index in [4.69, 9.17) is 0 Å². The molecule has 0 spiro atoms. The summed E-state index contributed by atoms with van der Waals surface area (Å²) in [5.74, 6) is 0.762. The molecule has 0 aliphatic carbocycles. The number of unbranched alkanes of at least 4 members (excludes halogenated alkanes) is 1. The number of allylic oxidation sites excluding steroid dienone is 2. The van der Waals surface area contributed by atoms with Gasteiger partial charge in [-0.1, -0.05) is 38.5 Å². The molecule has 0 aromatic heterocycles. The van der Waals surface area contributed by atoms with Crippen molar-refractivity contribution in [2.45, 2.75) is 59.4 Å². The highest BCUT2D eigenvalue weighted by Crippen LogP contribution is 2.17. The van der Waals surface area contributed by atoms with Gasteiger partial charge >= 0.3 is 0 Å². The lowest BCUT2D eigenvalue weighted by molar-refractivity contribution is 0.283. The van der Waals surface area contributed by atoms with Crippen LogP contribution >= 0.6 is 0 Å². The number of nitrogens with zero attached hydrogens (tertiary/aromatic N) is 1. The van der Waals surface area contributed by atoms with Crippen LogP contribution in [0.2, 0.25) is 0 Å². The Hall–Kier alpha value is -0.980. The summed E-state index contributed by atoms with van der Waals surface area (Å²) < 4.78 is 0. The monoisotopic (exact) mass is 249 g/mol. The molecule has 18 heavy (non-hydrogen) atoms. The third kappa shape index (κ3) is 7.37. The highest BCUT2D eigenvalue weighted by molar-refractivity contribution is 5.10. The standard InChI is InChI=1S/C17H31N/c1-8-17(7)18(15(4)5)12-10-9-11-16(6)13-14(2)3/h8,15-16H,1-2,7,9-13H2,3-6H3. The minimum Gasteiger partial charge on any atom is -0.370 e. The van der Waals surface area contributed by atoms with Crippen molar-refractivity contribution in [1.29, 1.82) is 0 Å². The molecule has 0 saturated carbocycles. The molecule has 1 nitrogen and oxygen atoms in total. The summed E-state index contributed by atoms with van der Waals surface area (Å²) in [6.07, 6.45) is 6.81. The minimum absolute atomic E-state index is 0.503. The largest absolute Gasteiger partial charge is 0.370 e. The summed E-state index contributed by atoms with van der Waals surface area (Å²) in [6.45, 7) is 21.8. The van der Waals surface area contributed by atoms with Crippen LogP contribution in [0.15, 0.2) is 37.1 Å². The molecule has 0 aromatic rings. The highest BCUT2D eigenvalue weighted by atomic mass is 15.1. The molecule has 0 aromatic carbocycles. The Balaban J connectivity index is 3.90. The van der Waals surface area contributed by atoms with Crippen molar-refractivity contribution in [2.24, 2.45) is 5.92 Å². The second kappa shape index (κ2) is 9.02. The molecule has 0 fully saturated rings. The van der Waals surface area contributed by atoms with Crippen LogP contribution in [0, 0.1) is 5.92 Å². The predicted molar refractivity (Wildman–Crippen MR) is 83.6 cm³/mol. The fraction of sp³-hybridized carbons (Fsp3) is 0.647. The molecular weight excluding hydrogens is 218 g/mol. The van der Waals surface area contributed by atoms with Crippen LogP contribution in [0.25, 0.3) is 0 Å². The second-order valence-corrected chi connectivity index (χ2v) is 5.74. The molecule has 104 valence electrons. The average molecular weight is 249 g/mol. The van der Waals surface area contributed by atoms with E-state index in [1.807, 2.05) is 6.08 Å². The van der Waals surface area contributed by atoms with Crippen LogP contribution < -0.4 is 0 Å². The minimum atomic E-state index is 0.503. The molecule has 0 aliphatic heterocycles. The van der Waals surface area contributed by atoms with E-state index >= 15 is 0 Å². The Morgan fingerprint density at radius 1 is 1.17 bits per heavy atom. The van der Waals surface area contributed by atoms with E-state index in [0.717, 1.165) is 24.6 Å². The fourth-order valence-corrected chi connectivity index (χ4v) is 2.32. The Labute approximate surface area is 114 Å². The van der Waals surface area contributed by atoms with E-state index in [0.29, 0.717) is 6.04 Å². The summed E-state index contributed by atoms with van der Waals surface area (Å²) in [7, 11) is 0. The Morgan fingerprint density at radius 2 is 1.78 bits per heavy atom. The molecule has 1 heteroatoms. The number of hydrogen-bond donors (Lipinski definition) is 0. The zero-order chi connectivity index (χ0) is 14.1. The lowest BCUT2D eigenvalue weighted by Gasteiger charge is -2.29. The van der Waals surface area contributed by atoms with Crippen molar-refractivity contribution in [3.63, 3.8) is 0 Å². The van der Waals surface area contributed by atoms with Gasteiger partial charge < -0.3 is 4.90 Å². The summed E-state index contributed by atoms with van der Waals surface area (Å²) >= 11 is 0. The Bertz CT molecular complexity index is 275. The molecule has 0 saturated heterocycles. The molecule has 0 radical (unpaired) electrons. The molecule has 0 aliphatic rings. The van der Waals surface area contributed by atoms with Crippen LogP contribution in [0.5, 0.6) is 0 Å². The molecule has 0 heterocycles. The number of hydrogen-bond acceptors (Lipinski definition) is 1. The van der Waals surface area contributed by atoms with E-state index in [-0.39, 0.29) is 0 Å². The van der Waals surface area contributed by atoms with Gasteiger partial charge in [0.15, 0.2) is 0 Å². The first-order chi connectivity index (χ1) is 8.38. The quantitative estimate of drug-likeness (QED) is 0.293. The van der Waals surface area contributed by atoms with Gasteiger partial charge in [0, 0.05) is 18.3 Å². The lowest BCUT2D eigenvalue weighted by atomic mass is 9.97. The van der Waals surface area contributed by atoms with Crippen molar-refractivity contribution < 1.29 is 0 Å². The zero-order valence-corrected chi connectivity index (χ0v) is 12.8. The normalized spacial score (nSPS) is 12.3. The highest BCUT2D eigenvalue weighted by Gasteiger charge is 2.09. The van der Waals surface area contributed by atoms with E-state index in [2.05, 4.69) is 52.3 Å². The first kappa shape index (κ1) is 17.0. The predicted octanol–water partition coefficient (Wildman–Crippen LogP) is 5.17. The molecule has 1 unspecified atom stereocenters. The maximum atomic E-state index is 4.04. The third-order valence-electron chi connectivity index (χ3n) is 3.27. The maximum Gasteiger partial charge on any atom is 0.0289 e. The average Bonchev–Trinajstić information content (AvgIpc) is 2.26. The van der Waals surface area contributed by atoms with Crippen LogP contribution in [0.1, 0.15) is 53.4 Å². The van der Waals surface area contributed by atoms with Gasteiger partial charge in [0.05, 0.1) is 0 Å². The van der Waals surface area contributed by atoms with Gasteiger partial charge in [0.1, 0.15) is 0 Å². The molecular formula is C17H31N. The Morgan fingerprint density at radius 3 is 2.22 bits per heavy atom. The summed E-state index contributed by atoms with van der Waals surface area (Å²) in [4.78, 5) is 2.33. The van der Waals surface area contributed by atoms with Crippen LogP contribution in [-0.4, -0.2) is 17.5 Å². The van der Waals surface area contributed by atoms with Gasteiger partial charge in [-0.15, -0.1) is 6.58 Å². The molecule has 0 N–H and O–H groups in total. The fourth-order valence-electron chi connectivity index (χ4n) is 2.32. The smallest absolute Gasteiger partial charge is 0.0289 e. The van der Waals surface area contributed by atoms with Crippen LogP contribution in [0.4, 0.5) is 0 Å². The van der Waals surface area contributed by atoms with E-state index in [1.165, 1.54) is 24.8 Å². The van der Waals surface area contributed by atoms with Crippen LogP contribution in [0.3, 0.4) is 0 Å². The van der Waals surface area contributed by atoms with E-state index in [1.54, 1.807) is 0 Å². The van der Waals surface area contributed by atoms with Gasteiger partial charge in [0.25, 0.3) is 0 Å². The van der Waals surface area contributed by atoms with Crippen molar-refractivity contribution in [2.75, 3.05) is 6.54 Å². The molecule has 0 bridgehead atoms. The summed E-state index contributed by atoms with van der Waals surface area (Å²) in [6, 6.07) is 0.503. The molecule has 1 atom stereocenters. The van der Waals surface area contributed by atoms with E-state index < -0.39 is 0 Å². The van der Waals surface area contributed by atoms with E-state index in [9.17, 15) is 0 Å². The second-order valence-electron chi connectivity index (χ2n) is 5.74. The van der Waals surface area contributed by atoms with Gasteiger partial charge in [-0.3, -0.25) is 0 Å². The first-order valence-electron chi connectivity index (χ1n) is 7.10. The SMILES string of the molecule is C=CC(=C)N(CCCCC(C)CC(=C)C)C(C)C. The zero-order valence-electron chi connectivity index (χ0n) is 12.8. The van der Waals surface area contributed by atoms with Gasteiger partial charge in [-0.05, 0) is 45.6 Å². The van der Waals surface area contributed by atoms with Crippen molar-refractivity contribution in [3.8, 4) is 0 Å². The number of rotatable bonds is 10. The first-order valence-corrected chi connectivity index (χ1v) is 7.10. The molecule has 0 amide bonds. The van der Waals surface area contributed by atoms with Gasteiger partial charge in [-0.25, -0.2) is 0 Å². The lowest BCUT2D eigenvalue weighted by Crippen LogP contribution is -2.30.